The summed E-state index contributed by atoms with van der Waals surface area (Å²) in [4.78, 5) is 5.18. The van der Waals surface area contributed by atoms with E-state index in [1.807, 2.05) is 25.2 Å². The van der Waals surface area contributed by atoms with Crippen LogP contribution in [-0.4, -0.2) is 14.1 Å². The van der Waals surface area contributed by atoms with Crippen molar-refractivity contribution in [1.29, 1.82) is 0 Å². The number of rotatable bonds is 5. The second-order valence-corrected chi connectivity index (χ2v) is 9.97. The molecule has 3 nitrogen and oxygen atoms in total. The zero-order chi connectivity index (χ0) is 26.3. The number of pyridine rings is 1. The molecule has 0 saturated carbocycles. The molecular weight excluding hydrogens is 474 g/mol. The summed E-state index contributed by atoms with van der Waals surface area (Å²) < 4.78 is 4.60. The molecule has 188 valence electrons. The monoisotopic (exact) mass is 503 g/mol. The van der Waals surface area contributed by atoms with Gasteiger partial charge in [0.05, 0.1) is 27.8 Å². The zero-order valence-electron chi connectivity index (χ0n) is 22.0. The largest absolute Gasteiger partial charge is 0.310 e. The fourth-order valence-corrected chi connectivity index (χ4v) is 5.97. The van der Waals surface area contributed by atoms with Gasteiger partial charge >= 0.3 is 0 Å². The Balaban J connectivity index is 1.56. The van der Waals surface area contributed by atoms with Crippen LogP contribution in [0, 0.1) is 0 Å². The van der Waals surface area contributed by atoms with E-state index in [-0.39, 0.29) is 0 Å². The van der Waals surface area contributed by atoms with Crippen molar-refractivity contribution >= 4 is 54.9 Å². The van der Waals surface area contributed by atoms with Gasteiger partial charge < -0.3 is 4.57 Å². The maximum absolute atomic E-state index is 5.18. The van der Waals surface area contributed by atoms with E-state index in [0.29, 0.717) is 0 Å². The van der Waals surface area contributed by atoms with Crippen LogP contribution in [0.25, 0.3) is 60.7 Å². The van der Waals surface area contributed by atoms with Gasteiger partial charge in [0.1, 0.15) is 5.82 Å². The van der Waals surface area contributed by atoms with Crippen molar-refractivity contribution in [2.45, 2.75) is 19.8 Å². The first kappa shape index (κ1) is 23.2. The minimum Gasteiger partial charge on any atom is -0.310 e. The standard InChI is InChI=1S/C36H29N3/c1-3-4-6-14-25(2)38-30-20-11-9-17-27(30)35-32(38)23-24-33-36(35)28-18-10-12-21-31(28)39(33)34-22-13-19-29(37-34)26-15-7-5-8-16-26/h3-7,9-15,17-24H,2,8,16H2,1H3/b4-3-,14-6-. The van der Waals surface area contributed by atoms with Gasteiger partial charge in [0.2, 0.25) is 0 Å². The SMILES string of the molecule is C=C(/C=C\C=C/C)n1c2ccccc2c2c3c4ccccc4n(-c4cccc(C5=CC=CCC5)n4)c3ccc21. The fourth-order valence-electron chi connectivity index (χ4n) is 5.97. The van der Waals surface area contributed by atoms with Crippen molar-refractivity contribution < 1.29 is 0 Å². The second kappa shape index (κ2) is 9.45. The highest BCUT2D eigenvalue weighted by molar-refractivity contribution is 6.29. The average molecular weight is 504 g/mol. The molecule has 0 aliphatic heterocycles. The number of fused-ring (bicyclic) bond motifs is 7. The lowest BCUT2D eigenvalue weighted by molar-refractivity contribution is 1.02. The first-order valence-electron chi connectivity index (χ1n) is 13.5. The fraction of sp³-hybridized carbons (Fsp3) is 0.0833. The molecular formula is C36H29N3. The number of allylic oxidation sites excluding steroid dienone is 9. The van der Waals surface area contributed by atoms with E-state index < -0.39 is 0 Å². The molecule has 0 fully saturated rings. The molecule has 0 atom stereocenters. The number of hydrogen-bond donors (Lipinski definition) is 0. The van der Waals surface area contributed by atoms with Crippen LogP contribution in [0.2, 0.25) is 0 Å². The molecule has 1 aliphatic carbocycles. The Labute approximate surface area is 228 Å². The predicted octanol–water partition coefficient (Wildman–Crippen LogP) is 9.62. The van der Waals surface area contributed by atoms with Gasteiger partial charge in [-0.3, -0.25) is 4.57 Å². The van der Waals surface area contributed by atoms with Crippen LogP contribution >= 0.6 is 0 Å². The highest BCUT2D eigenvalue weighted by atomic mass is 15.1. The Morgan fingerprint density at radius 1 is 0.795 bits per heavy atom. The normalized spacial score (nSPS) is 14.0. The minimum absolute atomic E-state index is 0.937. The van der Waals surface area contributed by atoms with Crippen molar-refractivity contribution in [3.8, 4) is 5.82 Å². The lowest BCUT2D eigenvalue weighted by atomic mass is 10.0. The van der Waals surface area contributed by atoms with Gasteiger partial charge in [-0.1, -0.05) is 85.5 Å². The Morgan fingerprint density at radius 3 is 2.33 bits per heavy atom. The first-order valence-corrected chi connectivity index (χ1v) is 13.5. The van der Waals surface area contributed by atoms with E-state index in [1.165, 1.54) is 27.1 Å². The summed E-state index contributed by atoms with van der Waals surface area (Å²) in [5, 5.41) is 4.94. The number of para-hydroxylation sites is 2. The first-order chi connectivity index (χ1) is 19.3. The third kappa shape index (κ3) is 3.70. The molecule has 0 bridgehead atoms. The molecule has 3 heteroatoms. The van der Waals surface area contributed by atoms with Crippen LogP contribution in [0.1, 0.15) is 25.5 Å². The Morgan fingerprint density at radius 2 is 1.54 bits per heavy atom. The summed E-state index contributed by atoms with van der Waals surface area (Å²) in [5.74, 6) is 0.941. The quantitative estimate of drug-likeness (QED) is 0.215. The molecule has 7 rings (SSSR count). The summed E-state index contributed by atoms with van der Waals surface area (Å²) in [6, 6.07) is 28.2. The third-order valence-corrected chi connectivity index (χ3v) is 7.66. The van der Waals surface area contributed by atoms with Crippen LogP contribution in [0.15, 0.2) is 128 Å². The summed E-state index contributed by atoms with van der Waals surface area (Å²) >= 11 is 0. The number of benzene rings is 3. The van der Waals surface area contributed by atoms with Crippen LogP contribution in [0.5, 0.6) is 0 Å². The predicted molar refractivity (Wildman–Crippen MR) is 167 cm³/mol. The smallest absolute Gasteiger partial charge is 0.138 e. The summed E-state index contributed by atoms with van der Waals surface area (Å²) in [7, 11) is 0. The molecule has 39 heavy (non-hydrogen) atoms. The summed E-state index contributed by atoms with van der Waals surface area (Å²) in [6.45, 7) is 6.46. The van der Waals surface area contributed by atoms with E-state index >= 15 is 0 Å². The lowest BCUT2D eigenvalue weighted by Gasteiger charge is -2.12. The van der Waals surface area contributed by atoms with Gasteiger partial charge in [-0.2, -0.15) is 0 Å². The van der Waals surface area contributed by atoms with Crippen LogP contribution in [0.3, 0.4) is 0 Å². The second-order valence-electron chi connectivity index (χ2n) is 9.97. The van der Waals surface area contributed by atoms with Crippen molar-refractivity contribution in [3.05, 3.63) is 134 Å². The highest BCUT2D eigenvalue weighted by Crippen LogP contribution is 2.42. The van der Waals surface area contributed by atoms with E-state index in [9.17, 15) is 0 Å². The molecule has 3 aromatic carbocycles. The topological polar surface area (TPSA) is 22.8 Å². The van der Waals surface area contributed by atoms with E-state index in [4.69, 9.17) is 4.98 Å². The molecule has 3 heterocycles. The number of nitrogens with zero attached hydrogens (tertiary/aromatic N) is 3. The minimum atomic E-state index is 0.937. The Bertz CT molecular complexity index is 2040. The van der Waals surface area contributed by atoms with Crippen LogP contribution in [-0.2, 0) is 0 Å². The van der Waals surface area contributed by atoms with Gasteiger partial charge in [0, 0.05) is 27.2 Å². The van der Waals surface area contributed by atoms with Gasteiger partial charge in [0.25, 0.3) is 0 Å². The van der Waals surface area contributed by atoms with E-state index in [1.54, 1.807) is 0 Å². The molecule has 0 radical (unpaired) electrons. The number of aromatic nitrogens is 3. The number of hydrogen-bond acceptors (Lipinski definition) is 1. The maximum Gasteiger partial charge on any atom is 0.138 e. The van der Waals surface area contributed by atoms with Crippen LogP contribution in [0.4, 0.5) is 0 Å². The molecule has 6 aromatic rings. The van der Waals surface area contributed by atoms with Crippen molar-refractivity contribution in [2.24, 2.45) is 0 Å². The van der Waals surface area contributed by atoms with Crippen molar-refractivity contribution in [2.75, 3.05) is 0 Å². The Kier molecular flexibility index (Phi) is 5.63. The average Bonchev–Trinajstić information content (AvgIpc) is 3.50. The Hall–Kier alpha value is -4.89. The van der Waals surface area contributed by atoms with Crippen molar-refractivity contribution in [3.63, 3.8) is 0 Å². The van der Waals surface area contributed by atoms with Gasteiger partial charge in [0.15, 0.2) is 0 Å². The third-order valence-electron chi connectivity index (χ3n) is 7.66. The van der Waals surface area contributed by atoms with Gasteiger partial charge in [-0.25, -0.2) is 4.98 Å². The molecule has 0 unspecified atom stereocenters. The summed E-state index contributed by atoms with van der Waals surface area (Å²) in [5.41, 5.74) is 7.90. The highest BCUT2D eigenvalue weighted by Gasteiger charge is 2.20. The van der Waals surface area contributed by atoms with Gasteiger partial charge in [-0.05, 0) is 67.8 Å². The molecule has 3 aromatic heterocycles. The maximum atomic E-state index is 5.18. The molecule has 0 amide bonds. The van der Waals surface area contributed by atoms with Gasteiger partial charge in [-0.15, -0.1) is 0 Å². The molecule has 1 aliphatic rings. The zero-order valence-corrected chi connectivity index (χ0v) is 22.0. The molecule has 0 N–H and O–H groups in total. The van der Waals surface area contributed by atoms with E-state index in [0.717, 1.165) is 52.1 Å². The van der Waals surface area contributed by atoms with E-state index in [2.05, 4.69) is 119 Å². The molecule has 0 spiro atoms. The van der Waals surface area contributed by atoms with Crippen molar-refractivity contribution in [1.82, 2.24) is 14.1 Å². The van der Waals surface area contributed by atoms with Crippen LogP contribution < -0.4 is 0 Å². The lowest BCUT2D eigenvalue weighted by Crippen LogP contribution is -2.00. The molecule has 0 saturated heterocycles. The summed E-state index contributed by atoms with van der Waals surface area (Å²) in [6.07, 6.45) is 16.8.